The highest BCUT2D eigenvalue weighted by Gasteiger charge is 2.15. The summed E-state index contributed by atoms with van der Waals surface area (Å²) < 4.78 is 5.20. The van der Waals surface area contributed by atoms with Gasteiger partial charge in [0.15, 0.2) is 0 Å². The fourth-order valence-corrected chi connectivity index (χ4v) is 2.74. The molecule has 0 spiro atoms. The second-order valence-electron chi connectivity index (χ2n) is 5.72. The van der Waals surface area contributed by atoms with E-state index in [9.17, 15) is 9.90 Å². The number of aliphatic hydroxyl groups is 1. The largest absolute Gasteiger partial charge is 0.497 e. The average molecular weight is 348 g/mol. The molecule has 0 aliphatic rings. The van der Waals surface area contributed by atoms with E-state index >= 15 is 0 Å². The first-order valence-corrected chi connectivity index (χ1v) is 8.22. The number of hydrogen-bond acceptors (Lipinski definition) is 3. The summed E-state index contributed by atoms with van der Waals surface area (Å²) in [6.07, 6.45) is -0.489. The van der Waals surface area contributed by atoms with Crippen molar-refractivity contribution in [3.63, 3.8) is 0 Å². The first kappa shape index (κ1) is 18.3. The first-order chi connectivity index (χ1) is 11.5. The molecule has 0 bridgehead atoms. The second-order valence-corrected chi connectivity index (χ2v) is 6.13. The van der Waals surface area contributed by atoms with Gasteiger partial charge in [-0.2, -0.15) is 0 Å². The predicted molar refractivity (Wildman–Crippen MR) is 95.4 cm³/mol. The summed E-state index contributed by atoms with van der Waals surface area (Å²) in [6, 6.07) is 14.7. The molecule has 2 aromatic carbocycles. The van der Waals surface area contributed by atoms with Gasteiger partial charge in [-0.1, -0.05) is 48.9 Å². The molecule has 0 saturated heterocycles. The van der Waals surface area contributed by atoms with Crippen molar-refractivity contribution in [2.45, 2.75) is 25.4 Å². The lowest BCUT2D eigenvalue weighted by atomic mass is 9.97. The van der Waals surface area contributed by atoms with Crippen molar-refractivity contribution in [2.75, 3.05) is 13.7 Å². The topological polar surface area (TPSA) is 58.6 Å². The monoisotopic (exact) mass is 347 g/mol. The van der Waals surface area contributed by atoms with Crippen LogP contribution in [0.2, 0.25) is 5.02 Å². The maximum Gasteiger partial charge on any atom is 0.220 e. The molecule has 0 fully saturated rings. The van der Waals surface area contributed by atoms with Crippen LogP contribution in [0.15, 0.2) is 48.5 Å². The summed E-state index contributed by atoms with van der Waals surface area (Å²) in [4.78, 5) is 12.1. The molecule has 0 radical (unpaired) electrons. The van der Waals surface area contributed by atoms with Gasteiger partial charge in [0.2, 0.25) is 5.91 Å². The van der Waals surface area contributed by atoms with Gasteiger partial charge in [0, 0.05) is 23.6 Å². The number of hydrogen-bond donors (Lipinski definition) is 2. The van der Waals surface area contributed by atoms with Crippen LogP contribution >= 0.6 is 11.6 Å². The Balaban J connectivity index is 1.87. The van der Waals surface area contributed by atoms with E-state index in [1.165, 1.54) is 0 Å². The van der Waals surface area contributed by atoms with Gasteiger partial charge < -0.3 is 15.2 Å². The molecule has 0 aliphatic carbocycles. The zero-order chi connectivity index (χ0) is 17.5. The molecule has 0 heterocycles. The Kier molecular flexibility index (Phi) is 6.64. The molecule has 24 heavy (non-hydrogen) atoms. The molecule has 1 amide bonds. The van der Waals surface area contributed by atoms with E-state index in [4.69, 9.17) is 16.3 Å². The lowest BCUT2D eigenvalue weighted by Gasteiger charge is -2.16. The zero-order valence-corrected chi connectivity index (χ0v) is 14.6. The number of nitrogens with one attached hydrogen (secondary N) is 1. The van der Waals surface area contributed by atoms with Crippen LogP contribution in [0.4, 0.5) is 0 Å². The summed E-state index contributed by atoms with van der Waals surface area (Å²) >= 11 is 6.04. The molecule has 128 valence electrons. The summed E-state index contributed by atoms with van der Waals surface area (Å²) in [5, 5.41) is 13.4. The van der Waals surface area contributed by atoms with E-state index in [-0.39, 0.29) is 18.4 Å². The number of rotatable bonds is 7. The smallest absolute Gasteiger partial charge is 0.220 e. The van der Waals surface area contributed by atoms with E-state index in [0.717, 1.165) is 11.3 Å². The van der Waals surface area contributed by atoms with Gasteiger partial charge >= 0.3 is 0 Å². The Labute approximate surface area is 147 Å². The average Bonchev–Trinajstić information content (AvgIpc) is 2.60. The lowest BCUT2D eigenvalue weighted by Crippen LogP contribution is -2.29. The minimum atomic E-state index is -0.824. The molecule has 2 atom stereocenters. The Morgan fingerprint density at radius 1 is 1.25 bits per heavy atom. The number of aliphatic hydroxyl groups excluding tert-OH is 1. The van der Waals surface area contributed by atoms with Crippen molar-refractivity contribution in [3.8, 4) is 5.75 Å². The molecule has 2 aromatic rings. The highest BCUT2D eigenvalue weighted by molar-refractivity contribution is 6.31. The third-order valence-corrected chi connectivity index (χ3v) is 4.26. The molecule has 0 aliphatic heterocycles. The Morgan fingerprint density at radius 2 is 2.00 bits per heavy atom. The van der Waals surface area contributed by atoms with E-state index in [2.05, 4.69) is 5.32 Å². The van der Waals surface area contributed by atoms with Gasteiger partial charge in [-0.25, -0.2) is 0 Å². The van der Waals surface area contributed by atoms with Gasteiger partial charge in [0.05, 0.1) is 13.2 Å². The van der Waals surface area contributed by atoms with Gasteiger partial charge in [-0.15, -0.1) is 0 Å². The number of carbonyl (C=O) groups is 1. The molecule has 5 heteroatoms. The Morgan fingerprint density at radius 3 is 2.71 bits per heavy atom. The second kappa shape index (κ2) is 8.71. The number of halogens is 1. The zero-order valence-electron chi connectivity index (χ0n) is 13.8. The normalized spacial score (nSPS) is 13.2. The number of ether oxygens (including phenoxy) is 1. The van der Waals surface area contributed by atoms with Crippen LogP contribution in [0.5, 0.6) is 5.75 Å². The van der Waals surface area contributed by atoms with Gasteiger partial charge in [-0.3, -0.25) is 4.79 Å². The number of amides is 1. The van der Waals surface area contributed by atoms with E-state index in [0.29, 0.717) is 17.0 Å². The molecular weight excluding hydrogens is 326 g/mol. The molecule has 0 aromatic heterocycles. The van der Waals surface area contributed by atoms with Gasteiger partial charge in [0.25, 0.3) is 0 Å². The fraction of sp³-hybridized carbons (Fsp3) is 0.316. The minimum Gasteiger partial charge on any atom is -0.497 e. The Bertz CT molecular complexity index is 690. The van der Waals surface area contributed by atoms with Crippen molar-refractivity contribution in [1.82, 2.24) is 5.32 Å². The van der Waals surface area contributed by atoms with Crippen molar-refractivity contribution in [3.05, 3.63) is 64.7 Å². The number of benzene rings is 2. The summed E-state index contributed by atoms with van der Waals surface area (Å²) in [5.41, 5.74) is 1.65. The van der Waals surface area contributed by atoms with Crippen LogP contribution in [-0.2, 0) is 4.79 Å². The van der Waals surface area contributed by atoms with Crippen LogP contribution in [0.1, 0.15) is 36.5 Å². The number of methoxy groups -OCH3 is 1. The molecule has 2 rings (SSSR count). The van der Waals surface area contributed by atoms with Gasteiger partial charge in [0.1, 0.15) is 5.75 Å². The van der Waals surface area contributed by atoms with E-state index < -0.39 is 6.10 Å². The highest BCUT2D eigenvalue weighted by atomic mass is 35.5. The molecule has 2 unspecified atom stereocenters. The van der Waals surface area contributed by atoms with E-state index in [1.807, 2.05) is 31.2 Å². The third-order valence-electron chi connectivity index (χ3n) is 3.91. The van der Waals surface area contributed by atoms with Crippen molar-refractivity contribution in [2.24, 2.45) is 0 Å². The predicted octanol–water partition coefficient (Wildman–Crippen LogP) is 3.69. The standard InChI is InChI=1S/C19H22ClNO3/c1-13(14-6-5-7-15(11-14)24-2)10-19(23)21-12-18(22)16-8-3-4-9-17(16)20/h3-9,11,13,18,22H,10,12H2,1-2H3,(H,21,23). The van der Waals surface area contributed by atoms with E-state index in [1.54, 1.807) is 31.4 Å². The molecule has 2 N–H and O–H groups in total. The SMILES string of the molecule is COc1cccc(C(C)CC(=O)NCC(O)c2ccccc2Cl)c1. The van der Waals surface area contributed by atoms with Gasteiger partial charge in [-0.05, 0) is 29.7 Å². The first-order valence-electron chi connectivity index (χ1n) is 7.84. The fourth-order valence-electron chi connectivity index (χ4n) is 2.48. The lowest BCUT2D eigenvalue weighted by molar-refractivity contribution is -0.121. The quantitative estimate of drug-likeness (QED) is 0.803. The summed E-state index contributed by atoms with van der Waals surface area (Å²) in [6.45, 7) is 2.12. The summed E-state index contributed by atoms with van der Waals surface area (Å²) in [7, 11) is 1.62. The summed E-state index contributed by atoms with van der Waals surface area (Å²) in [5.74, 6) is 0.711. The molecule has 4 nitrogen and oxygen atoms in total. The number of carbonyl (C=O) groups excluding carboxylic acids is 1. The van der Waals surface area contributed by atoms with Crippen LogP contribution in [0.25, 0.3) is 0 Å². The van der Waals surface area contributed by atoms with Crippen LogP contribution < -0.4 is 10.1 Å². The molecular formula is C19H22ClNO3. The minimum absolute atomic E-state index is 0.0533. The van der Waals surface area contributed by atoms with Crippen molar-refractivity contribution < 1.29 is 14.6 Å². The van der Waals surface area contributed by atoms with Crippen LogP contribution in [-0.4, -0.2) is 24.7 Å². The maximum absolute atomic E-state index is 12.1. The highest BCUT2D eigenvalue weighted by Crippen LogP contribution is 2.24. The maximum atomic E-state index is 12.1. The molecule has 0 saturated carbocycles. The van der Waals surface area contributed by atoms with Crippen molar-refractivity contribution >= 4 is 17.5 Å². The van der Waals surface area contributed by atoms with Crippen molar-refractivity contribution in [1.29, 1.82) is 0 Å². The Hall–Kier alpha value is -2.04. The van der Waals surface area contributed by atoms with Crippen LogP contribution in [0, 0.1) is 0 Å². The third kappa shape index (κ3) is 4.98. The van der Waals surface area contributed by atoms with Crippen LogP contribution in [0.3, 0.4) is 0 Å².